The van der Waals surface area contributed by atoms with Crippen LogP contribution in [0.2, 0.25) is 0 Å². The Balaban J connectivity index is 1.73. The predicted octanol–water partition coefficient (Wildman–Crippen LogP) is 2.78. The molecule has 0 aromatic rings. The fourth-order valence-electron chi connectivity index (χ4n) is 4.65. The van der Waals surface area contributed by atoms with Crippen molar-refractivity contribution >= 4 is 17.5 Å². The number of carbonyl (C=O) groups is 1. The molecule has 0 unspecified atom stereocenters. The van der Waals surface area contributed by atoms with Crippen LogP contribution in [0.5, 0.6) is 0 Å². The Labute approximate surface area is 112 Å². The minimum absolute atomic E-state index is 0.0113. The van der Waals surface area contributed by atoms with E-state index in [1.807, 2.05) is 6.07 Å². The van der Waals surface area contributed by atoms with Crippen molar-refractivity contribution in [1.29, 1.82) is 5.26 Å². The van der Waals surface area contributed by atoms with E-state index in [2.05, 4.69) is 5.32 Å². The number of allylic oxidation sites excluding steroid dienone is 1. The van der Waals surface area contributed by atoms with Gasteiger partial charge in [0.2, 0.25) is 5.91 Å². The van der Waals surface area contributed by atoms with Crippen LogP contribution in [0.4, 0.5) is 0 Å². The number of nitrogens with one attached hydrogen (secondary N) is 1. The number of amides is 1. The van der Waals surface area contributed by atoms with Crippen LogP contribution >= 0.6 is 11.6 Å². The van der Waals surface area contributed by atoms with Gasteiger partial charge in [0.05, 0.1) is 0 Å². The normalized spacial score (nSPS) is 41.6. The molecule has 18 heavy (non-hydrogen) atoms. The van der Waals surface area contributed by atoms with Crippen molar-refractivity contribution in [2.75, 3.05) is 0 Å². The highest BCUT2D eigenvalue weighted by atomic mass is 35.5. The number of hydrogen-bond donors (Lipinski definition) is 1. The fourth-order valence-corrected chi connectivity index (χ4v) is 4.75. The number of nitriles is 1. The van der Waals surface area contributed by atoms with Gasteiger partial charge in [-0.25, -0.2) is 0 Å². The quantitative estimate of drug-likeness (QED) is 0.780. The average Bonchev–Trinajstić information content (AvgIpc) is 2.34. The summed E-state index contributed by atoms with van der Waals surface area (Å²) in [5.74, 6) is 2.91. The maximum absolute atomic E-state index is 12.3. The van der Waals surface area contributed by atoms with Gasteiger partial charge in [0.15, 0.2) is 0 Å². The van der Waals surface area contributed by atoms with Crippen molar-refractivity contribution in [3.8, 4) is 6.07 Å². The van der Waals surface area contributed by atoms with E-state index in [0.29, 0.717) is 11.8 Å². The van der Waals surface area contributed by atoms with Gasteiger partial charge < -0.3 is 5.32 Å². The third-order valence-electron chi connectivity index (χ3n) is 5.02. The number of nitrogens with zero attached hydrogens (tertiary/aromatic N) is 1. The van der Waals surface area contributed by atoms with Crippen LogP contribution in [0.25, 0.3) is 0 Å². The Bertz CT molecular complexity index is 410. The first kappa shape index (κ1) is 12.0. The van der Waals surface area contributed by atoms with Gasteiger partial charge in [-0.2, -0.15) is 5.26 Å². The Hall–Kier alpha value is -1.01. The van der Waals surface area contributed by atoms with E-state index < -0.39 is 0 Å². The molecule has 1 N–H and O–H groups in total. The van der Waals surface area contributed by atoms with Crippen LogP contribution in [-0.4, -0.2) is 5.91 Å². The molecule has 4 rings (SSSR count). The van der Waals surface area contributed by atoms with Gasteiger partial charge in [-0.05, 0) is 55.8 Å². The maximum atomic E-state index is 12.3. The predicted molar refractivity (Wildman–Crippen MR) is 68.2 cm³/mol. The summed E-state index contributed by atoms with van der Waals surface area (Å²) in [5.41, 5.74) is 1.31. The number of carbonyl (C=O) groups excluding carboxylic acids is 1. The van der Waals surface area contributed by atoms with Crippen LogP contribution in [0.3, 0.4) is 0 Å². The molecule has 4 saturated carbocycles. The summed E-state index contributed by atoms with van der Waals surface area (Å²) >= 11 is 5.50. The average molecular weight is 265 g/mol. The van der Waals surface area contributed by atoms with E-state index in [9.17, 15) is 4.79 Å². The molecule has 0 saturated heterocycles. The minimum atomic E-state index is 0.0113. The van der Waals surface area contributed by atoms with Gasteiger partial charge >= 0.3 is 0 Å². The lowest BCUT2D eigenvalue weighted by atomic mass is 9.51. The third-order valence-corrected chi connectivity index (χ3v) is 5.24. The van der Waals surface area contributed by atoms with E-state index in [0.717, 1.165) is 17.4 Å². The molecule has 0 aromatic carbocycles. The highest BCUT2D eigenvalue weighted by molar-refractivity contribution is 6.26. The molecule has 4 aliphatic carbocycles. The van der Waals surface area contributed by atoms with E-state index in [-0.39, 0.29) is 17.5 Å². The van der Waals surface area contributed by atoms with Gasteiger partial charge in [-0.15, -0.1) is 0 Å². The molecule has 0 radical (unpaired) electrons. The zero-order valence-corrected chi connectivity index (χ0v) is 11.0. The Kier molecular flexibility index (Phi) is 3.07. The highest BCUT2D eigenvalue weighted by Crippen LogP contribution is 2.56. The molecule has 0 aliphatic heterocycles. The maximum Gasteiger partial charge on any atom is 0.228 e. The minimum Gasteiger partial charge on any atom is -0.316 e. The van der Waals surface area contributed by atoms with Gasteiger partial charge in [-0.1, -0.05) is 11.6 Å². The second-order valence-electron chi connectivity index (χ2n) is 6.08. The van der Waals surface area contributed by atoms with Crippen molar-refractivity contribution in [3.63, 3.8) is 0 Å². The first-order valence-electron chi connectivity index (χ1n) is 6.72. The molecule has 96 valence electrons. The largest absolute Gasteiger partial charge is 0.316 e. The van der Waals surface area contributed by atoms with Crippen molar-refractivity contribution in [2.45, 2.75) is 32.1 Å². The second kappa shape index (κ2) is 4.59. The molecule has 0 spiro atoms. The van der Waals surface area contributed by atoms with Crippen LogP contribution in [0, 0.1) is 40.9 Å². The third kappa shape index (κ3) is 1.93. The molecule has 0 atom stereocenters. The fraction of sp³-hybridized carbons (Fsp3) is 0.714. The summed E-state index contributed by atoms with van der Waals surface area (Å²) in [6, 6.07) is 1.90. The first-order valence-corrected chi connectivity index (χ1v) is 7.16. The Morgan fingerprint density at radius 3 is 2.17 bits per heavy atom. The van der Waals surface area contributed by atoms with Crippen LogP contribution in [0.15, 0.2) is 11.2 Å². The number of hydrogen-bond acceptors (Lipinski definition) is 2. The SMILES string of the molecule is N#C/C(=C\Cl)NC(=O)C1C2CC3CC(C2)CC1C3. The summed E-state index contributed by atoms with van der Waals surface area (Å²) in [4.78, 5) is 12.3. The summed E-state index contributed by atoms with van der Waals surface area (Å²) in [5, 5.41) is 11.5. The molecular weight excluding hydrogens is 248 g/mol. The van der Waals surface area contributed by atoms with E-state index in [1.165, 1.54) is 32.1 Å². The zero-order valence-electron chi connectivity index (χ0n) is 10.2. The van der Waals surface area contributed by atoms with E-state index >= 15 is 0 Å². The molecule has 3 nitrogen and oxygen atoms in total. The standard InChI is InChI=1S/C14H17ClN2O/c15-6-12(7-16)17-14(18)13-10-2-8-1-9(4-10)5-11(13)3-8/h6,8-11,13H,1-5H2,(H,17,18)/b12-6+. The Morgan fingerprint density at radius 1 is 1.17 bits per heavy atom. The lowest BCUT2D eigenvalue weighted by molar-refractivity contribution is -0.137. The molecular formula is C14H17ClN2O. The van der Waals surface area contributed by atoms with Crippen molar-refractivity contribution in [1.82, 2.24) is 5.32 Å². The van der Waals surface area contributed by atoms with Crippen LogP contribution in [0.1, 0.15) is 32.1 Å². The zero-order chi connectivity index (χ0) is 12.7. The van der Waals surface area contributed by atoms with Crippen LogP contribution < -0.4 is 5.32 Å². The highest BCUT2D eigenvalue weighted by Gasteiger charge is 2.50. The second-order valence-corrected chi connectivity index (χ2v) is 6.30. The van der Waals surface area contributed by atoms with Crippen molar-refractivity contribution in [2.24, 2.45) is 29.6 Å². The van der Waals surface area contributed by atoms with Crippen LogP contribution in [-0.2, 0) is 4.79 Å². The molecule has 0 aromatic heterocycles. The van der Waals surface area contributed by atoms with E-state index in [1.54, 1.807) is 0 Å². The van der Waals surface area contributed by atoms with Crippen molar-refractivity contribution < 1.29 is 4.79 Å². The lowest BCUT2D eigenvalue weighted by Gasteiger charge is -2.53. The number of halogens is 1. The summed E-state index contributed by atoms with van der Waals surface area (Å²) in [7, 11) is 0. The van der Waals surface area contributed by atoms with Gasteiger partial charge in [0.1, 0.15) is 11.8 Å². The first-order chi connectivity index (χ1) is 8.71. The van der Waals surface area contributed by atoms with E-state index in [4.69, 9.17) is 16.9 Å². The summed E-state index contributed by atoms with van der Waals surface area (Å²) < 4.78 is 0. The molecule has 0 heterocycles. The van der Waals surface area contributed by atoms with Gasteiger partial charge in [-0.3, -0.25) is 4.79 Å². The molecule has 4 fully saturated rings. The van der Waals surface area contributed by atoms with Crippen molar-refractivity contribution in [3.05, 3.63) is 11.2 Å². The monoisotopic (exact) mass is 264 g/mol. The number of rotatable bonds is 2. The molecule has 4 aliphatic rings. The topological polar surface area (TPSA) is 52.9 Å². The molecule has 4 bridgehead atoms. The molecule has 4 heteroatoms. The lowest BCUT2D eigenvalue weighted by Crippen LogP contribution is -2.50. The Morgan fingerprint density at radius 2 is 1.72 bits per heavy atom. The van der Waals surface area contributed by atoms with Gasteiger partial charge in [0, 0.05) is 11.5 Å². The van der Waals surface area contributed by atoms with Gasteiger partial charge in [0.25, 0.3) is 0 Å². The summed E-state index contributed by atoms with van der Waals surface area (Å²) in [6.07, 6.45) is 6.20. The molecule has 1 amide bonds. The smallest absolute Gasteiger partial charge is 0.228 e. The summed E-state index contributed by atoms with van der Waals surface area (Å²) in [6.45, 7) is 0.